The van der Waals surface area contributed by atoms with Crippen LogP contribution in [0.25, 0.3) is 0 Å². The molecule has 0 atom stereocenters. The molecular formula is C18H21BrN4O4S. The molecule has 1 aromatic heterocycles. The summed E-state index contributed by atoms with van der Waals surface area (Å²) in [6, 6.07) is 7.43. The number of piperidine rings is 1. The number of hydrogen-bond donors (Lipinski definition) is 2. The number of sulfonamides is 1. The smallest absolute Gasteiger partial charge is 0.286 e. The molecule has 0 spiro atoms. The van der Waals surface area contributed by atoms with Crippen LogP contribution in [-0.2, 0) is 17.1 Å². The van der Waals surface area contributed by atoms with Gasteiger partial charge in [0, 0.05) is 36.4 Å². The van der Waals surface area contributed by atoms with Crippen molar-refractivity contribution in [2.45, 2.75) is 24.2 Å². The van der Waals surface area contributed by atoms with E-state index in [1.54, 1.807) is 23.9 Å². The summed E-state index contributed by atoms with van der Waals surface area (Å²) in [6.07, 6.45) is 4.40. The molecule has 2 aromatic rings. The number of rotatable bonds is 4. The summed E-state index contributed by atoms with van der Waals surface area (Å²) >= 11 is 3.28. The van der Waals surface area contributed by atoms with Crippen LogP contribution in [0.15, 0.2) is 45.9 Å². The van der Waals surface area contributed by atoms with Crippen molar-refractivity contribution in [1.82, 2.24) is 19.7 Å². The minimum atomic E-state index is -3.64. The quantitative estimate of drug-likeness (QED) is 0.670. The Morgan fingerprint density at radius 1 is 1.04 bits per heavy atom. The lowest BCUT2D eigenvalue weighted by Crippen LogP contribution is -2.42. The van der Waals surface area contributed by atoms with Crippen LogP contribution in [0.4, 0.5) is 0 Å². The van der Waals surface area contributed by atoms with Gasteiger partial charge in [-0.15, -0.1) is 0 Å². The van der Waals surface area contributed by atoms with Crippen LogP contribution in [-0.4, -0.2) is 42.2 Å². The van der Waals surface area contributed by atoms with Crippen molar-refractivity contribution < 1.29 is 18.0 Å². The molecule has 1 aliphatic rings. The van der Waals surface area contributed by atoms with E-state index in [0.717, 1.165) is 23.7 Å². The first-order valence-corrected chi connectivity index (χ1v) is 11.0. The van der Waals surface area contributed by atoms with E-state index in [1.165, 1.54) is 28.6 Å². The molecule has 1 aliphatic heterocycles. The van der Waals surface area contributed by atoms with E-state index in [-0.39, 0.29) is 10.5 Å². The molecule has 10 heteroatoms. The fourth-order valence-electron chi connectivity index (χ4n) is 3.05. The molecule has 2 heterocycles. The maximum atomic E-state index is 12.8. The van der Waals surface area contributed by atoms with Crippen LogP contribution in [0.3, 0.4) is 0 Å². The topological polar surface area (TPSA) is 101 Å². The zero-order valence-electron chi connectivity index (χ0n) is 15.3. The molecule has 150 valence electrons. The van der Waals surface area contributed by atoms with Crippen LogP contribution in [0, 0.1) is 0 Å². The van der Waals surface area contributed by atoms with Crippen LogP contribution < -0.4 is 10.9 Å². The second-order valence-corrected chi connectivity index (χ2v) is 9.41. The third-order valence-electron chi connectivity index (χ3n) is 4.54. The molecule has 2 amide bonds. The molecule has 28 heavy (non-hydrogen) atoms. The number of nitrogens with one attached hydrogen (secondary N) is 2. The van der Waals surface area contributed by atoms with Gasteiger partial charge in [0.05, 0.1) is 4.90 Å². The number of benzene rings is 1. The maximum absolute atomic E-state index is 12.8. The van der Waals surface area contributed by atoms with Gasteiger partial charge in [0.25, 0.3) is 11.8 Å². The lowest BCUT2D eigenvalue weighted by molar-refractivity contribution is 0.0842. The maximum Gasteiger partial charge on any atom is 0.286 e. The first-order chi connectivity index (χ1) is 13.3. The Morgan fingerprint density at radius 3 is 2.36 bits per heavy atom. The molecule has 1 aromatic carbocycles. The molecule has 0 saturated carbocycles. The third-order valence-corrected chi connectivity index (χ3v) is 6.87. The van der Waals surface area contributed by atoms with Gasteiger partial charge in [-0.05, 0) is 53.0 Å². The number of aromatic nitrogens is 1. The van der Waals surface area contributed by atoms with E-state index in [0.29, 0.717) is 18.8 Å². The highest BCUT2D eigenvalue weighted by molar-refractivity contribution is 9.10. The number of aryl methyl sites for hydroxylation is 1. The summed E-state index contributed by atoms with van der Waals surface area (Å²) in [6.45, 7) is 0.974. The van der Waals surface area contributed by atoms with Gasteiger partial charge in [0.2, 0.25) is 10.0 Å². The number of carbonyl (C=O) groups excluding carboxylic acids is 2. The molecule has 8 nitrogen and oxygen atoms in total. The fourth-order valence-corrected chi connectivity index (χ4v) is 5.14. The number of amides is 2. The monoisotopic (exact) mass is 468 g/mol. The van der Waals surface area contributed by atoms with Gasteiger partial charge in [-0.3, -0.25) is 20.4 Å². The number of halogens is 1. The van der Waals surface area contributed by atoms with E-state index in [1.807, 2.05) is 0 Å². The van der Waals surface area contributed by atoms with Crippen molar-refractivity contribution >= 4 is 37.8 Å². The summed E-state index contributed by atoms with van der Waals surface area (Å²) in [7, 11) is -1.93. The van der Waals surface area contributed by atoms with Crippen molar-refractivity contribution in [2.75, 3.05) is 13.1 Å². The molecule has 1 fully saturated rings. The molecule has 0 bridgehead atoms. The van der Waals surface area contributed by atoms with E-state index in [2.05, 4.69) is 26.8 Å². The van der Waals surface area contributed by atoms with Crippen molar-refractivity contribution in [3.8, 4) is 0 Å². The normalized spacial score (nSPS) is 15.2. The lowest BCUT2D eigenvalue weighted by Gasteiger charge is -2.26. The second-order valence-electron chi connectivity index (χ2n) is 6.56. The van der Waals surface area contributed by atoms with Crippen LogP contribution in [0.2, 0.25) is 0 Å². The van der Waals surface area contributed by atoms with Gasteiger partial charge >= 0.3 is 0 Å². The second kappa shape index (κ2) is 8.46. The molecule has 0 aliphatic carbocycles. The third kappa shape index (κ3) is 4.45. The Morgan fingerprint density at radius 2 is 1.71 bits per heavy atom. The number of nitrogens with zero attached hydrogens (tertiary/aromatic N) is 2. The minimum Gasteiger partial charge on any atom is -0.345 e. The predicted molar refractivity (Wildman–Crippen MR) is 107 cm³/mol. The van der Waals surface area contributed by atoms with Gasteiger partial charge < -0.3 is 4.57 Å². The number of hydrogen-bond acceptors (Lipinski definition) is 4. The van der Waals surface area contributed by atoms with Gasteiger partial charge in [0.1, 0.15) is 5.69 Å². The summed E-state index contributed by atoms with van der Waals surface area (Å²) in [4.78, 5) is 24.6. The van der Waals surface area contributed by atoms with E-state index in [4.69, 9.17) is 0 Å². The van der Waals surface area contributed by atoms with Crippen LogP contribution >= 0.6 is 15.9 Å². The summed E-state index contributed by atoms with van der Waals surface area (Å²) in [5, 5.41) is 0. The van der Waals surface area contributed by atoms with Gasteiger partial charge in [0.15, 0.2) is 0 Å². The molecule has 0 radical (unpaired) electrons. The highest BCUT2D eigenvalue weighted by atomic mass is 79.9. The Kier molecular flexibility index (Phi) is 6.21. The van der Waals surface area contributed by atoms with E-state index >= 15 is 0 Å². The van der Waals surface area contributed by atoms with E-state index < -0.39 is 21.8 Å². The summed E-state index contributed by atoms with van der Waals surface area (Å²) in [5.74, 6) is -1.09. The molecule has 3 rings (SSSR count). The average molecular weight is 469 g/mol. The van der Waals surface area contributed by atoms with Gasteiger partial charge in [-0.2, -0.15) is 4.31 Å². The summed E-state index contributed by atoms with van der Waals surface area (Å²) < 4.78 is 29.3. The molecule has 2 N–H and O–H groups in total. The Labute approximate surface area is 172 Å². The van der Waals surface area contributed by atoms with Crippen LogP contribution in [0.1, 0.15) is 40.1 Å². The first-order valence-electron chi connectivity index (χ1n) is 8.82. The summed E-state index contributed by atoms with van der Waals surface area (Å²) in [5.41, 5.74) is 5.15. The largest absolute Gasteiger partial charge is 0.345 e. The average Bonchev–Trinajstić information content (AvgIpc) is 3.04. The zero-order valence-corrected chi connectivity index (χ0v) is 17.7. The van der Waals surface area contributed by atoms with Crippen molar-refractivity contribution in [1.29, 1.82) is 0 Å². The van der Waals surface area contributed by atoms with Crippen LogP contribution in [0.5, 0.6) is 0 Å². The van der Waals surface area contributed by atoms with Gasteiger partial charge in [-0.1, -0.05) is 12.5 Å². The fraction of sp³-hybridized carbons (Fsp3) is 0.333. The molecule has 1 saturated heterocycles. The lowest BCUT2D eigenvalue weighted by atomic mass is 10.2. The molecular weight excluding hydrogens is 448 g/mol. The predicted octanol–water partition coefficient (Wildman–Crippen LogP) is 2.04. The zero-order chi connectivity index (χ0) is 20.3. The standard InChI is InChI=1S/C18H21BrN4O4S/c1-22-12-14(19)11-16(22)18(25)21-20-17(24)13-6-5-7-15(10-13)28(26,27)23-8-3-2-4-9-23/h5-7,10-12H,2-4,8-9H2,1H3,(H,20,24)(H,21,25). The minimum absolute atomic E-state index is 0.0692. The van der Waals surface area contributed by atoms with E-state index in [9.17, 15) is 18.0 Å². The first kappa shape index (κ1) is 20.6. The van der Waals surface area contributed by atoms with Crippen molar-refractivity contribution in [2.24, 2.45) is 7.05 Å². The number of carbonyl (C=O) groups is 2. The highest BCUT2D eigenvalue weighted by Gasteiger charge is 2.26. The molecule has 0 unspecified atom stereocenters. The van der Waals surface area contributed by atoms with Crippen molar-refractivity contribution in [3.05, 3.63) is 52.3 Å². The SMILES string of the molecule is Cn1cc(Br)cc1C(=O)NNC(=O)c1cccc(S(=O)(=O)N2CCCCC2)c1. The van der Waals surface area contributed by atoms with Crippen molar-refractivity contribution in [3.63, 3.8) is 0 Å². The highest BCUT2D eigenvalue weighted by Crippen LogP contribution is 2.21. The Hall–Kier alpha value is -2.17. The number of hydrazine groups is 1. The van der Waals surface area contributed by atoms with Gasteiger partial charge in [-0.25, -0.2) is 8.42 Å². The Bertz CT molecular complexity index is 997. The Balaban J connectivity index is 1.70.